The van der Waals surface area contributed by atoms with E-state index in [0.717, 1.165) is 44.9 Å². The highest BCUT2D eigenvalue weighted by molar-refractivity contribution is 5.94. The molecule has 0 spiro atoms. The van der Waals surface area contributed by atoms with Crippen LogP contribution < -0.4 is 16.0 Å². The first-order valence-electron chi connectivity index (χ1n) is 16.3. The molecule has 6 atom stereocenters. The largest absolute Gasteiger partial charge is 0.383 e. The number of nitrogens with one attached hydrogen (secondary N) is 3. The number of likely N-dealkylation sites (tertiary alicyclic amines) is 1. The highest BCUT2D eigenvalue weighted by Gasteiger charge is 2.70. The number of ether oxygens (including phenoxy) is 1. The number of aliphatic imine (C=N–C) groups is 1. The smallest absolute Gasteiger partial charge is 0.315 e. The summed E-state index contributed by atoms with van der Waals surface area (Å²) >= 11 is 0. The van der Waals surface area contributed by atoms with Crippen LogP contribution >= 0.6 is 0 Å². The van der Waals surface area contributed by atoms with Crippen molar-refractivity contribution >= 4 is 30.5 Å². The fourth-order valence-electron chi connectivity index (χ4n) is 7.88. The van der Waals surface area contributed by atoms with E-state index in [9.17, 15) is 19.2 Å². The molecule has 4 aliphatic rings. The third kappa shape index (κ3) is 7.26. The van der Waals surface area contributed by atoms with E-state index in [1.807, 2.05) is 20.8 Å². The van der Waals surface area contributed by atoms with Crippen molar-refractivity contribution < 1.29 is 23.9 Å². The number of hydrogen-bond donors (Lipinski definition) is 3. The van der Waals surface area contributed by atoms with Gasteiger partial charge in [0.15, 0.2) is 0 Å². The van der Waals surface area contributed by atoms with Gasteiger partial charge >= 0.3 is 6.03 Å². The zero-order valence-corrected chi connectivity index (χ0v) is 27.5. The van der Waals surface area contributed by atoms with Crippen molar-refractivity contribution in [2.75, 3.05) is 20.3 Å². The Labute approximate surface area is 257 Å². The minimum Gasteiger partial charge on any atom is -0.383 e. The Bertz CT molecular complexity index is 1070. The number of piperidine rings is 1. The summed E-state index contributed by atoms with van der Waals surface area (Å²) in [5.41, 5.74) is -0.711. The van der Waals surface area contributed by atoms with Gasteiger partial charge in [-0.15, -0.1) is 0 Å². The van der Waals surface area contributed by atoms with Gasteiger partial charge in [0.25, 0.3) is 0 Å². The molecular formula is C33H55N5O5. The number of methoxy groups -OCH3 is 1. The third-order valence-electron chi connectivity index (χ3n) is 11.2. The molecule has 3 saturated carbocycles. The van der Waals surface area contributed by atoms with E-state index in [0.29, 0.717) is 19.1 Å². The molecule has 0 radical (unpaired) electrons. The molecule has 4 unspecified atom stereocenters. The summed E-state index contributed by atoms with van der Waals surface area (Å²) in [5.74, 6) is -0.00118. The molecule has 43 heavy (non-hydrogen) atoms. The SMILES string of the molecule is C=NC(=O)CC(CC1CCC1)NC(=O)C1[C@@H]2C(CN1C(=O)C(NC(=O)N[C@H](COC)C(C)(C)C)C1(C)CCCC1)C2(C)C. The maximum absolute atomic E-state index is 14.5. The standard InChI is InChI=1S/C33H55N5O5/c1-31(2,3)23(19-43-8)36-30(42)37-27(33(6)14-9-10-15-33)29(41)38-18-22-25(32(22,4)5)26(38)28(40)35-21(17-24(39)34-7)16-20-12-11-13-20/h20-23,25-27H,7,9-19H2,1-6,8H3,(H,35,40)(H2,36,37,42)/t21?,22?,23-,25+,26?,27?/m1/s1. The molecule has 1 saturated heterocycles. The van der Waals surface area contributed by atoms with E-state index in [1.54, 1.807) is 12.0 Å². The Hall–Kier alpha value is -2.49. The summed E-state index contributed by atoms with van der Waals surface area (Å²) in [6.45, 7) is 16.7. The van der Waals surface area contributed by atoms with Gasteiger partial charge in [-0.3, -0.25) is 14.4 Å². The van der Waals surface area contributed by atoms with Crippen molar-refractivity contribution in [1.82, 2.24) is 20.9 Å². The summed E-state index contributed by atoms with van der Waals surface area (Å²) in [6, 6.07) is -2.38. The zero-order chi connectivity index (χ0) is 31.7. The molecule has 242 valence electrons. The molecule has 1 aliphatic heterocycles. The summed E-state index contributed by atoms with van der Waals surface area (Å²) in [7, 11) is 1.61. The first kappa shape index (κ1) is 33.4. The van der Waals surface area contributed by atoms with E-state index in [1.165, 1.54) is 6.42 Å². The lowest BCUT2D eigenvalue weighted by atomic mass is 9.79. The monoisotopic (exact) mass is 601 g/mol. The molecular weight excluding hydrogens is 546 g/mol. The van der Waals surface area contributed by atoms with Gasteiger partial charge in [0.05, 0.1) is 12.6 Å². The molecule has 0 aromatic heterocycles. The maximum Gasteiger partial charge on any atom is 0.315 e. The molecule has 0 bridgehead atoms. The number of carbonyl (C=O) groups is 4. The Morgan fingerprint density at radius 1 is 1.02 bits per heavy atom. The van der Waals surface area contributed by atoms with Crippen LogP contribution in [0.25, 0.3) is 0 Å². The van der Waals surface area contributed by atoms with Gasteiger partial charge in [-0.05, 0) is 60.0 Å². The predicted molar refractivity (Wildman–Crippen MR) is 166 cm³/mol. The zero-order valence-electron chi connectivity index (χ0n) is 27.5. The van der Waals surface area contributed by atoms with Crippen LogP contribution in [0.2, 0.25) is 0 Å². The number of carbonyl (C=O) groups excluding carboxylic acids is 4. The average Bonchev–Trinajstić information content (AvgIpc) is 3.28. The number of hydrogen-bond acceptors (Lipinski definition) is 5. The fraction of sp³-hybridized carbons (Fsp3) is 0.848. The summed E-state index contributed by atoms with van der Waals surface area (Å²) in [5, 5.41) is 9.28. The molecule has 10 nitrogen and oxygen atoms in total. The fourth-order valence-corrected chi connectivity index (χ4v) is 7.88. The molecule has 0 aromatic rings. The Morgan fingerprint density at radius 3 is 2.21 bits per heavy atom. The lowest BCUT2D eigenvalue weighted by Crippen LogP contribution is -2.62. The summed E-state index contributed by atoms with van der Waals surface area (Å²) in [4.78, 5) is 59.5. The second-order valence-corrected chi connectivity index (χ2v) is 15.7. The first-order chi connectivity index (χ1) is 20.1. The summed E-state index contributed by atoms with van der Waals surface area (Å²) in [6.07, 6.45) is 7.85. The second-order valence-electron chi connectivity index (χ2n) is 15.7. The van der Waals surface area contributed by atoms with Crippen LogP contribution in [0, 0.1) is 34.0 Å². The number of urea groups is 1. The van der Waals surface area contributed by atoms with E-state index < -0.39 is 23.5 Å². The number of rotatable bonds is 12. The molecule has 3 N–H and O–H groups in total. The topological polar surface area (TPSA) is 129 Å². The molecule has 3 aliphatic carbocycles. The van der Waals surface area contributed by atoms with Gasteiger partial charge in [0, 0.05) is 26.1 Å². The molecule has 4 rings (SSSR count). The van der Waals surface area contributed by atoms with E-state index in [4.69, 9.17) is 4.74 Å². The Kier molecular flexibility index (Phi) is 9.99. The van der Waals surface area contributed by atoms with Gasteiger partial charge in [0.2, 0.25) is 17.7 Å². The van der Waals surface area contributed by atoms with Crippen molar-refractivity contribution in [2.45, 2.75) is 123 Å². The minimum absolute atomic E-state index is 0.0341. The lowest BCUT2D eigenvalue weighted by Gasteiger charge is -2.40. The van der Waals surface area contributed by atoms with Gasteiger partial charge in [-0.25, -0.2) is 9.79 Å². The quantitative estimate of drug-likeness (QED) is 0.291. The van der Waals surface area contributed by atoms with Crippen LogP contribution in [0.5, 0.6) is 0 Å². The number of amides is 5. The van der Waals surface area contributed by atoms with E-state index in [2.05, 4.69) is 48.4 Å². The third-order valence-corrected chi connectivity index (χ3v) is 11.2. The molecule has 5 amide bonds. The number of nitrogens with zero attached hydrogens (tertiary/aromatic N) is 2. The first-order valence-corrected chi connectivity index (χ1v) is 16.3. The van der Waals surface area contributed by atoms with Crippen molar-refractivity contribution in [3.8, 4) is 0 Å². The Balaban J connectivity index is 1.55. The average molecular weight is 602 g/mol. The molecule has 4 fully saturated rings. The maximum atomic E-state index is 14.5. The highest BCUT2D eigenvalue weighted by atomic mass is 16.5. The number of fused-ring (bicyclic) bond motifs is 1. The van der Waals surface area contributed by atoms with Crippen LogP contribution in [-0.4, -0.2) is 79.8 Å². The van der Waals surface area contributed by atoms with Crippen LogP contribution in [0.3, 0.4) is 0 Å². The van der Waals surface area contributed by atoms with Gasteiger partial charge in [-0.1, -0.05) is 73.6 Å². The van der Waals surface area contributed by atoms with Crippen molar-refractivity contribution in [1.29, 1.82) is 0 Å². The second kappa shape index (κ2) is 12.9. The van der Waals surface area contributed by atoms with Crippen LogP contribution in [0.15, 0.2) is 4.99 Å². The van der Waals surface area contributed by atoms with Gasteiger partial charge in [-0.2, -0.15) is 0 Å². The van der Waals surface area contributed by atoms with E-state index in [-0.39, 0.29) is 58.9 Å². The van der Waals surface area contributed by atoms with Gasteiger partial charge < -0.3 is 25.6 Å². The van der Waals surface area contributed by atoms with Crippen molar-refractivity contribution in [3.05, 3.63) is 0 Å². The minimum atomic E-state index is -0.758. The predicted octanol–water partition coefficient (Wildman–Crippen LogP) is 4.07. The van der Waals surface area contributed by atoms with Gasteiger partial charge in [0.1, 0.15) is 12.1 Å². The Morgan fingerprint density at radius 2 is 1.67 bits per heavy atom. The normalized spacial score (nSPS) is 27.7. The van der Waals surface area contributed by atoms with Crippen LogP contribution in [0.4, 0.5) is 4.79 Å². The van der Waals surface area contributed by atoms with Crippen molar-refractivity contribution in [3.63, 3.8) is 0 Å². The molecule has 0 aromatic carbocycles. The van der Waals surface area contributed by atoms with E-state index >= 15 is 0 Å². The van der Waals surface area contributed by atoms with Crippen molar-refractivity contribution in [2.24, 2.45) is 39.0 Å². The lowest BCUT2D eigenvalue weighted by molar-refractivity contribution is -0.144. The summed E-state index contributed by atoms with van der Waals surface area (Å²) < 4.78 is 5.37. The molecule has 1 heterocycles. The van der Waals surface area contributed by atoms with Crippen LogP contribution in [-0.2, 0) is 19.1 Å². The molecule has 10 heteroatoms. The van der Waals surface area contributed by atoms with Crippen LogP contribution in [0.1, 0.15) is 99.3 Å². The highest BCUT2D eigenvalue weighted by Crippen LogP contribution is 2.65.